The summed E-state index contributed by atoms with van der Waals surface area (Å²) in [6.45, 7) is 1.72. The van der Waals surface area contributed by atoms with Crippen LogP contribution in [-0.2, 0) is 0 Å². The first kappa shape index (κ1) is 9.02. The molecule has 0 N–H and O–H groups in total. The monoisotopic (exact) mass is 148 g/mol. The van der Waals surface area contributed by atoms with E-state index < -0.39 is 0 Å². The molecular weight excluding hydrogens is 135 g/mol. The molecule has 0 fully saturated rings. The number of allylic oxidation sites excluding steroid dienone is 1. The van der Waals surface area contributed by atoms with Crippen molar-refractivity contribution in [3.8, 4) is 0 Å². The van der Waals surface area contributed by atoms with Gasteiger partial charge >= 0.3 is 0 Å². The predicted molar refractivity (Wildman–Crippen MR) is 42.8 cm³/mol. The lowest BCUT2D eigenvalue weighted by Crippen LogP contribution is -1.90. The molecule has 1 atom stereocenters. The first-order chi connectivity index (χ1) is 4.31. The van der Waals surface area contributed by atoms with E-state index in [4.69, 9.17) is 0 Å². The van der Waals surface area contributed by atoms with Crippen LogP contribution in [0.2, 0.25) is 0 Å². The summed E-state index contributed by atoms with van der Waals surface area (Å²) in [4.78, 5) is 0. The van der Waals surface area contributed by atoms with Crippen molar-refractivity contribution >= 4 is 12.6 Å². The van der Waals surface area contributed by atoms with Gasteiger partial charge < -0.3 is 0 Å². The molecule has 2 heteroatoms. The largest absolute Gasteiger partial charge is 0.247 e. The van der Waals surface area contributed by atoms with Crippen LogP contribution in [0.1, 0.15) is 19.8 Å². The highest BCUT2D eigenvalue weighted by atomic mass is 32.1. The Balaban J connectivity index is 3.25. The summed E-state index contributed by atoms with van der Waals surface area (Å²) < 4.78 is 11.5. The molecule has 0 aromatic rings. The van der Waals surface area contributed by atoms with Crippen molar-refractivity contribution in [3.05, 3.63) is 12.2 Å². The smallest absolute Gasteiger partial charge is 0.108 e. The summed E-state index contributed by atoms with van der Waals surface area (Å²) in [5, 5.41) is 0.241. The average Bonchev–Trinajstić information content (AvgIpc) is 1.85. The molecule has 0 rings (SSSR count). The third kappa shape index (κ3) is 5.90. The molecule has 0 aromatic heterocycles. The fourth-order valence-electron chi connectivity index (χ4n) is 0.601. The van der Waals surface area contributed by atoms with Gasteiger partial charge in [0.05, 0.1) is 0 Å². The van der Waals surface area contributed by atoms with Gasteiger partial charge in [-0.05, 0) is 6.42 Å². The minimum Gasteiger partial charge on any atom is -0.247 e. The van der Waals surface area contributed by atoms with Crippen molar-refractivity contribution in [3.63, 3.8) is 0 Å². The van der Waals surface area contributed by atoms with Crippen molar-refractivity contribution in [1.29, 1.82) is 0 Å². The van der Waals surface area contributed by atoms with E-state index in [1.807, 2.05) is 0 Å². The van der Waals surface area contributed by atoms with Crippen LogP contribution in [0, 0.1) is 0 Å². The lowest BCUT2D eigenvalue weighted by molar-refractivity contribution is 0.560. The fraction of sp³-hybridized carbons (Fsp3) is 0.714. The van der Waals surface area contributed by atoms with Crippen LogP contribution in [0.3, 0.4) is 0 Å². The highest BCUT2D eigenvalue weighted by Gasteiger charge is 1.92. The van der Waals surface area contributed by atoms with Crippen LogP contribution in [0.25, 0.3) is 0 Å². The van der Waals surface area contributed by atoms with Crippen LogP contribution in [0.15, 0.2) is 12.2 Å². The molecule has 9 heavy (non-hydrogen) atoms. The quantitative estimate of drug-likeness (QED) is 0.460. The molecule has 0 nitrogen and oxygen atoms in total. The molecule has 0 aromatic carbocycles. The van der Waals surface area contributed by atoms with Crippen LogP contribution < -0.4 is 0 Å². The second-order valence-electron chi connectivity index (χ2n) is 1.94. The maximum absolute atomic E-state index is 11.5. The maximum Gasteiger partial charge on any atom is 0.108 e. The molecule has 0 saturated heterocycles. The van der Waals surface area contributed by atoms with E-state index in [9.17, 15) is 4.39 Å². The number of hydrogen-bond acceptors (Lipinski definition) is 1. The van der Waals surface area contributed by atoms with E-state index in [0.717, 1.165) is 12.8 Å². The zero-order valence-corrected chi connectivity index (χ0v) is 6.57. The molecule has 1 unspecified atom stereocenters. The Bertz CT molecular complexity index is 81.0. The zero-order chi connectivity index (χ0) is 7.11. The minimum absolute atomic E-state index is 0.241. The summed E-state index contributed by atoms with van der Waals surface area (Å²) >= 11 is 4.19. The van der Waals surface area contributed by atoms with Crippen molar-refractivity contribution < 1.29 is 4.39 Å². The highest BCUT2D eigenvalue weighted by molar-refractivity contribution is 7.81. The Morgan fingerprint density at radius 3 is 2.78 bits per heavy atom. The lowest BCUT2D eigenvalue weighted by atomic mass is 10.2. The van der Waals surface area contributed by atoms with E-state index in [1.54, 1.807) is 6.08 Å². The Morgan fingerprint density at radius 1 is 1.67 bits per heavy atom. The first-order valence-electron chi connectivity index (χ1n) is 3.22. The molecule has 0 aliphatic heterocycles. The third-order valence-electron chi connectivity index (χ3n) is 1.03. The van der Waals surface area contributed by atoms with Gasteiger partial charge in [0.1, 0.15) is 6.67 Å². The molecular formula is C7H13FS. The second kappa shape index (κ2) is 6.14. The van der Waals surface area contributed by atoms with Gasteiger partial charge in [-0.3, -0.25) is 0 Å². The molecule has 0 radical (unpaired) electrons. The molecule has 0 aliphatic carbocycles. The van der Waals surface area contributed by atoms with Crippen LogP contribution >= 0.6 is 12.6 Å². The van der Waals surface area contributed by atoms with Crippen molar-refractivity contribution in [1.82, 2.24) is 0 Å². The number of halogens is 1. The van der Waals surface area contributed by atoms with E-state index in [-0.39, 0.29) is 11.9 Å². The summed E-state index contributed by atoms with van der Waals surface area (Å²) in [5.41, 5.74) is 0. The van der Waals surface area contributed by atoms with Crippen LogP contribution in [-0.4, -0.2) is 11.9 Å². The Morgan fingerprint density at radius 2 is 2.33 bits per heavy atom. The Kier molecular flexibility index (Phi) is 6.16. The van der Waals surface area contributed by atoms with Gasteiger partial charge in [-0.25, -0.2) is 4.39 Å². The minimum atomic E-state index is -0.374. The molecule has 0 bridgehead atoms. The van der Waals surface area contributed by atoms with E-state index in [1.165, 1.54) is 6.08 Å². The zero-order valence-electron chi connectivity index (χ0n) is 5.68. The molecule has 54 valence electrons. The van der Waals surface area contributed by atoms with Crippen molar-refractivity contribution in [2.24, 2.45) is 0 Å². The van der Waals surface area contributed by atoms with Gasteiger partial charge in [-0.1, -0.05) is 25.5 Å². The van der Waals surface area contributed by atoms with Gasteiger partial charge in [-0.15, -0.1) is 0 Å². The van der Waals surface area contributed by atoms with Crippen molar-refractivity contribution in [2.75, 3.05) is 6.67 Å². The number of rotatable bonds is 4. The maximum atomic E-state index is 11.5. The molecule has 0 amide bonds. The van der Waals surface area contributed by atoms with Crippen molar-refractivity contribution in [2.45, 2.75) is 25.0 Å². The third-order valence-corrected chi connectivity index (χ3v) is 1.46. The first-order valence-corrected chi connectivity index (χ1v) is 3.73. The SMILES string of the molecule is CCCC(S)/C=C\CF. The molecule has 0 saturated carbocycles. The van der Waals surface area contributed by atoms with E-state index in [2.05, 4.69) is 19.6 Å². The second-order valence-corrected chi connectivity index (χ2v) is 2.60. The summed E-state index contributed by atoms with van der Waals surface area (Å²) in [6, 6.07) is 0. The molecule has 0 heterocycles. The predicted octanol–water partition coefficient (Wildman–Crippen LogP) is 2.61. The molecule has 0 aliphatic rings. The van der Waals surface area contributed by atoms with Gasteiger partial charge in [0.15, 0.2) is 0 Å². The fourth-order valence-corrected chi connectivity index (χ4v) is 0.980. The Hall–Kier alpha value is 0.0200. The topological polar surface area (TPSA) is 0 Å². The van der Waals surface area contributed by atoms with E-state index in [0.29, 0.717) is 0 Å². The average molecular weight is 148 g/mol. The summed E-state index contributed by atoms with van der Waals surface area (Å²) in [6.07, 6.45) is 5.43. The van der Waals surface area contributed by atoms with Crippen LogP contribution in [0.5, 0.6) is 0 Å². The summed E-state index contributed by atoms with van der Waals surface area (Å²) in [7, 11) is 0. The molecule has 0 spiro atoms. The number of thiol groups is 1. The van der Waals surface area contributed by atoms with Gasteiger partial charge in [-0.2, -0.15) is 12.6 Å². The van der Waals surface area contributed by atoms with Gasteiger partial charge in [0.2, 0.25) is 0 Å². The van der Waals surface area contributed by atoms with E-state index >= 15 is 0 Å². The highest BCUT2D eigenvalue weighted by Crippen LogP contribution is 2.04. The number of alkyl halides is 1. The lowest BCUT2D eigenvalue weighted by Gasteiger charge is -1.99. The number of hydrogen-bond donors (Lipinski definition) is 1. The normalized spacial score (nSPS) is 14.6. The van der Waals surface area contributed by atoms with Gasteiger partial charge in [0, 0.05) is 5.25 Å². The summed E-state index contributed by atoms with van der Waals surface area (Å²) in [5.74, 6) is 0. The Labute approximate surface area is 61.6 Å². The van der Waals surface area contributed by atoms with Crippen LogP contribution in [0.4, 0.5) is 4.39 Å². The van der Waals surface area contributed by atoms with Gasteiger partial charge in [0.25, 0.3) is 0 Å². The standard InChI is InChI=1S/C7H13FS/c1-2-4-7(9)5-3-6-8/h3,5,7,9H,2,4,6H2,1H3/b5-3-.